The lowest BCUT2D eigenvalue weighted by Crippen LogP contribution is -2.08. The van der Waals surface area contributed by atoms with Gasteiger partial charge in [0.25, 0.3) is 0 Å². The molecule has 0 aromatic heterocycles. The Kier molecular flexibility index (Phi) is 4.04. The first-order valence-corrected chi connectivity index (χ1v) is 4.83. The van der Waals surface area contributed by atoms with Crippen LogP contribution in [0.4, 0.5) is 5.69 Å². The van der Waals surface area contributed by atoms with Crippen molar-refractivity contribution in [3.63, 3.8) is 0 Å². The number of ether oxygens (including phenoxy) is 1. The van der Waals surface area contributed by atoms with Crippen LogP contribution in [0.5, 0.6) is 5.75 Å². The molecule has 1 aromatic rings. The van der Waals surface area contributed by atoms with E-state index in [-0.39, 0.29) is 6.10 Å². The van der Waals surface area contributed by atoms with Crippen molar-refractivity contribution in [2.75, 3.05) is 12.3 Å². The average Bonchev–Trinajstić information content (AvgIpc) is 2.10. The van der Waals surface area contributed by atoms with Gasteiger partial charge in [-0.1, -0.05) is 11.6 Å². The zero-order chi connectivity index (χ0) is 10.6. The highest BCUT2D eigenvalue weighted by Crippen LogP contribution is 2.25. The molecule has 0 bridgehead atoms. The second-order valence-electron chi connectivity index (χ2n) is 3.17. The van der Waals surface area contributed by atoms with Crippen molar-refractivity contribution in [2.24, 2.45) is 0 Å². The van der Waals surface area contributed by atoms with E-state index in [1.54, 1.807) is 25.1 Å². The van der Waals surface area contributed by atoms with Gasteiger partial charge in [-0.15, -0.1) is 0 Å². The summed E-state index contributed by atoms with van der Waals surface area (Å²) in [6.45, 7) is 2.15. The summed E-state index contributed by atoms with van der Waals surface area (Å²) >= 11 is 5.77. The van der Waals surface area contributed by atoms with E-state index in [0.29, 0.717) is 29.5 Å². The Morgan fingerprint density at radius 2 is 2.29 bits per heavy atom. The topological polar surface area (TPSA) is 55.5 Å². The van der Waals surface area contributed by atoms with Crippen LogP contribution in [0.3, 0.4) is 0 Å². The summed E-state index contributed by atoms with van der Waals surface area (Å²) in [5.41, 5.74) is 6.22. The number of hydrogen-bond donors (Lipinski definition) is 2. The summed E-state index contributed by atoms with van der Waals surface area (Å²) in [5.74, 6) is 0.568. The SMILES string of the molecule is CC(O)CCOc1cc(Cl)ccc1N. The third kappa shape index (κ3) is 3.44. The lowest BCUT2D eigenvalue weighted by atomic mass is 10.3. The predicted octanol–water partition coefficient (Wildman–Crippen LogP) is 2.07. The van der Waals surface area contributed by atoms with Crippen molar-refractivity contribution in [2.45, 2.75) is 19.4 Å². The molecule has 78 valence electrons. The first-order valence-electron chi connectivity index (χ1n) is 4.45. The first kappa shape index (κ1) is 11.1. The quantitative estimate of drug-likeness (QED) is 0.757. The molecule has 0 aliphatic rings. The molecule has 0 amide bonds. The maximum absolute atomic E-state index is 9.02. The van der Waals surface area contributed by atoms with Gasteiger partial charge in [-0.2, -0.15) is 0 Å². The standard InChI is InChI=1S/C10H14ClNO2/c1-7(13)4-5-14-10-6-8(11)2-3-9(10)12/h2-3,6-7,13H,4-5,12H2,1H3. The minimum Gasteiger partial charge on any atom is -0.491 e. The normalized spacial score (nSPS) is 12.5. The molecule has 4 heteroatoms. The molecule has 0 fully saturated rings. The molecule has 0 aliphatic heterocycles. The van der Waals surface area contributed by atoms with Crippen LogP contribution in [0.15, 0.2) is 18.2 Å². The van der Waals surface area contributed by atoms with Crippen LogP contribution in [0.2, 0.25) is 5.02 Å². The minimum atomic E-state index is -0.365. The molecule has 3 nitrogen and oxygen atoms in total. The number of nitrogen functional groups attached to an aromatic ring is 1. The third-order valence-electron chi connectivity index (χ3n) is 1.77. The molecule has 0 radical (unpaired) electrons. The van der Waals surface area contributed by atoms with Gasteiger partial charge in [0.2, 0.25) is 0 Å². The van der Waals surface area contributed by atoms with E-state index in [2.05, 4.69) is 0 Å². The molecule has 0 heterocycles. The molecule has 1 unspecified atom stereocenters. The van der Waals surface area contributed by atoms with Crippen LogP contribution in [0, 0.1) is 0 Å². The Morgan fingerprint density at radius 3 is 2.93 bits per heavy atom. The molecule has 0 aliphatic carbocycles. The van der Waals surface area contributed by atoms with Gasteiger partial charge in [0, 0.05) is 17.5 Å². The first-order chi connectivity index (χ1) is 6.59. The molecule has 0 saturated heterocycles. The number of nitrogens with two attached hydrogens (primary N) is 1. The Hall–Kier alpha value is -0.930. The number of hydrogen-bond acceptors (Lipinski definition) is 3. The van der Waals surface area contributed by atoms with Crippen molar-refractivity contribution < 1.29 is 9.84 Å². The van der Waals surface area contributed by atoms with Crippen molar-refractivity contribution in [1.29, 1.82) is 0 Å². The maximum atomic E-state index is 9.02. The van der Waals surface area contributed by atoms with Crippen LogP contribution < -0.4 is 10.5 Å². The Labute approximate surface area is 88.4 Å². The number of aliphatic hydroxyl groups is 1. The largest absolute Gasteiger partial charge is 0.491 e. The van der Waals surface area contributed by atoms with Crippen LogP contribution >= 0.6 is 11.6 Å². The van der Waals surface area contributed by atoms with E-state index >= 15 is 0 Å². The van der Waals surface area contributed by atoms with E-state index < -0.39 is 0 Å². The van der Waals surface area contributed by atoms with E-state index in [1.165, 1.54) is 0 Å². The average molecular weight is 216 g/mol. The predicted molar refractivity (Wildman–Crippen MR) is 57.7 cm³/mol. The van der Waals surface area contributed by atoms with Gasteiger partial charge in [0.1, 0.15) is 5.75 Å². The fraction of sp³-hybridized carbons (Fsp3) is 0.400. The number of aliphatic hydroxyl groups excluding tert-OH is 1. The smallest absolute Gasteiger partial charge is 0.143 e. The summed E-state index contributed by atoms with van der Waals surface area (Å²) in [6.07, 6.45) is 0.210. The molecule has 14 heavy (non-hydrogen) atoms. The van der Waals surface area contributed by atoms with Gasteiger partial charge >= 0.3 is 0 Å². The zero-order valence-corrected chi connectivity index (χ0v) is 8.79. The van der Waals surface area contributed by atoms with E-state index in [0.717, 1.165) is 0 Å². The lowest BCUT2D eigenvalue weighted by molar-refractivity contribution is 0.156. The van der Waals surface area contributed by atoms with Crippen molar-refractivity contribution in [1.82, 2.24) is 0 Å². The molecule has 1 aromatic carbocycles. The summed E-state index contributed by atoms with van der Waals surface area (Å²) in [4.78, 5) is 0. The molecular weight excluding hydrogens is 202 g/mol. The Morgan fingerprint density at radius 1 is 1.57 bits per heavy atom. The van der Waals surface area contributed by atoms with Gasteiger partial charge in [-0.25, -0.2) is 0 Å². The van der Waals surface area contributed by atoms with E-state index in [4.69, 9.17) is 27.2 Å². The van der Waals surface area contributed by atoms with Crippen molar-refractivity contribution in [3.05, 3.63) is 23.2 Å². The van der Waals surface area contributed by atoms with Gasteiger partial charge in [-0.3, -0.25) is 0 Å². The van der Waals surface area contributed by atoms with Gasteiger partial charge < -0.3 is 15.6 Å². The second kappa shape index (κ2) is 5.08. The summed E-state index contributed by atoms with van der Waals surface area (Å²) < 4.78 is 5.36. The molecular formula is C10H14ClNO2. The Balaban J connectivity index is 2.53. The highest BCUT2D eigenvalue weighted by molar-refractivity contribution is 6.30. The zero-order valence-electron chi connectivity index (χ0n) is 8.03. The van der Waals surface area contributed by atoms with Gasteiger partial charge in [-0.05, 0) is 19.1 Å². The monoisotopic (exact) mass is 215 g/mol. The second-order valence-corrected chi connectivity index (χ2v) is 3.60. The highest BCUT2D eigenvalue weighted by atomic mass is 35.5. The van der Waals surface area contributed by atoms with Crippen LogP contribution in [-0.4, -0.2) is 17.8 Å². The van der Waals surface area contributed by atoms with Crippen molar-refractivity contribution in [3.8, 4) is 5.75 Å². The van der Waals surface area contributed by atoms with Gasteiger partial charge in [0.05, 0.1) is 18.4 Å². The summed E-state index contributed by atoms with van der Waals surface area (Å²) in [6, 6.07) is 5.07. The van der Waals surface area contributed by atoms with Crippen LogP contribution in [-0.2, 0) is 0 Å². The fourth-order valence-corrected chi connectivity index (χ4v) is 1.13. The van der Waals surface area contributed by atoms with Crippen LogP contribution in [0.1, 0.15) is 13.3 Å². The molecule has 1 atom stereocenters. The van der Waals surface area contributed by atoms with E-state index in [9.17, 15) is 0 Å². The highest BCUT2D eigenvalue weighted by Gasteiger charge is 2.02. The van der Waals surface area contributed by atoms with E-state index in [1.807, 2.05) is 0 Å². The molecule has 1 rings (SSSR count). The lowest BCUT2D eigenvalue weighted by Gasteiger charge is -2.09. The minimum absolute atomic E-state index is 0.365. The molecule has 0 saturated carbocycles. The molecule has 0 spiro atoms. The molecule has 3 N–H and O–H groups in total. The Bertz CT molecular complexity index is 302. The summed E-state index contributed by atoms with van der Waals surface area (Å²) in [7, 11) is 0. The van der Waals surface area contributed by atoms with Gasteiger partial charge in [0.15, 0.2) is 0 Å². The third-order valence-corrected chi connectivity index (χ3v) is 2.00. The maximum Gasteiger partial charge on any atom is 0.143 e. The number of benzene rings is 1. The number of rotatable bonds is 4. The van der Waals surface area contributed by atoms with Crippen LogP contribution in [0.25, 0.3) is 0 Å². The fourth-order valence-electron chi connectivity index (χ4n) is 0.973. The number of halogens is 1. The van der Waals surface area contributed by atoms with Crippen molar-refractivity contribution >= 4 is 17.3 Å². The number of anilines is 1. The summed E-state index contributed by atoms with van der Waals surface area (Å²) in [5, 5.41) is 9.61.